The van der Waals surface area contributed by atoms with Gasteiger partial charge >= 0.3 is 12.1 Å². The number of amides is 2. The number of carbonyl (C=O) groups excluding carboxylic acids is 2. The fourth-order valence-electron chi connectivity index (χ4n) is 5.01. The minimum Gasteiger partial charge on any atom is -0.481 e. The second-order valence-corrected chi connectivity index (χ2v) is 10.1. The van der Waals surface area contributed by atoms with E-state index in [1.54, 1.807) is 0 Å². The summed E-state index contributed by atoms with van der Waals surface area (Å²) in [7, 11) is 0. The second-order valence-electron chi connectivity index (χ2n) is 10.1. The van der Waals surface area contributed by atoms with E-state index in [1.165, 1.54) is 4.90 Å². The molecule has 0 saturated carbocycles. The van der Waals surface area contributed by atoms with Crippen LogP contribution >= 0.6 is 0 Å². The topological polar surface area (TPSA) is 116 Å². The van der Waals surface area contributed by atoms with E-state index in [9.17, 15) is 24.6 Å². The van der Waals surface area contributed by atoms with Gasteiger partial charge in [0.1, 0.15) is 6.61 Å². The van der Waals surface area contributed by atoms with E-state index < -0.39 is 29.6 Å². The van der Waals surface area contributed by atoms with Crippen LogP contribution in [0, 0.1) is 5.92 Å². The SMILES string of the molecule is CC(C)(CCC(=O)N1CC(O)CC(C(=O)O)C1)NC(=O)OCC1c2ccccc2-c2ccccc21. The maximum absolute atomic E-state index is 12.7. The molecule has 35 heavy (non-hydrogen) atoms. The van der Waals surface area contributed by atoms with Gasteiger partial charge in [0.05, 0.1) is 12.0 Å². The van der Waals surface area contributed by atoms with Gasteiger partial charge in [-0.2, -0.15) is 0 Å². The Balaban J connectivity index is 1.30. The third-order valence-electron chi connectivity index (χ3n) is 6.88. The largest absolute Gasteiger partial charge is 0.481 e. The van der Waals surface area contributed by atoms with Gasteiger partial charge in [0.2, 0.25) is 5.91 Å². The number of rotatable bonds is 7. The summed E-state index contributed by atoms with van der Waals surface area (Å²) in [4.78, 5) is 38.0. The number of likely N-dealkylation sites (tertiary alicyclic amines) is 1. The number of ether oxygens (including phenoxy) is 1. The highest BCUT2D eigenvalue weighted by Gasteiger charge is 2.34. The highest BCUT2D eigenvalue weighted by Crippen LogP contribution is 2.44. The molecule has 1 heterocycles. The summed E-state index contributed by atoms with van der Waals surface area (Å²) < 4.78 is 5.61. The van der Waals surface area contributed by atoms with Crippen molar-refractivity contribution < 1.29 is 29.3 Å². The number of fused-ring (bicyclic) bond motifs is 3. The lowest BCUT2D eigenvalue weighted by Crippen LogP contribution is -2.49. The van der Waals surface area contributed by atoms with Gasteiger partial charge in [-0.15, -0.1) is 0 Å². The number of alkyl carbamates (subject to hydrolysis) is 1. The number of aliphatic carboxylic acids is 1. The number of benzene rings is 2. The molecule has 4 rings (SSSR count). The molecule has 0 spiro atoms. The molecule has 2 unspecified atom stereocenters. The Morgan fingerprint density at radius 2 is 1.63 bits per heavy atom. The van der Waals surface area contributed by atoms with Crippen LogP contribution in [0.15, 0.2) is 48.5 Å². The fraction of sp³-hybridized carbons (Fsp3) is 0.444. The van der Waals surface area contributed by atoms with Gasteiger partial charge in [0, 0.05) is 31.0 Å². The van der Waals surface area contributed by atoms with E-state index in [-0.39, 0.29) is 44.4 Å². The molecular formula is C27H32N2O6. The lowest BCUT2D eigenvalue weighted by molar-refractivity contribution is -0.149. The number of nitrogens with one attached hydrogen (secondary N) is 1. The Hall–Kier alpha value is -3.39. The van der Waals surface area contributed by atoms with Crippen LogP contribution in [0.1, 0.15) is 50.2 Å². The van der Waals surface area contributed by atoms with Crippen LogP contribution in [0.4, 0.5) is 4.79 Å². The number of hydrogen-bond donors (Lipinski definition) is 3. The predicted molar refractivity (Wildman–Crippen MR) is 130 cm³/mol. The average molecular weight is 481 g/mol. The molecule has 2 aromatic rings. The first-order valence-electron chi connectivity index (χ1n) is 12.0. The number of hydrogen-bond acceptors (Lipinski definition) is 5. The Morgan fingerprint density at radius 3 is 2.23 bits per heavy atom. The highest BCUT2D eigenvalue weighted by atomic mass is 16.5. The van der Waals surface area contributed by atoms with E-state index in [4.69, 9.17) is 4.74 Å². The number of aliphatic hydroxyl groups excluding tert-OH is 1. The lowest BCUT2D eigenvalue weighted by atomic mass is 9.94. The summed E-state index contributed by atoms with van der Waals surface area (Å²) in [6, 6.07) is 16.2. The van der Waals surface area contributed by atoms with E-state index in [2.05, 4.69) is 29.6 Å². The second kappa shape index (κ2) is 10.1. The monoisotopic (exact) mass is 480 g/mol. The average Bonchev–Trinajstić information content (AvgIpc) is 3.14. The molecule has 1 saturated heterocycles. The van der Waals surface area contributed by atoms with Crippen molar-refractivity contribution in [1.82, 2.24) is 10.2 Å². The van der Waals surface area contributed by atoms with Crippen molar-refractivity contribution in [2.45, 2.75) is 50.7 Å². The Labute approximate surface area is 204 Å². The maximum Gasteiger partial charge on any atom is 0.407 e. The number of carboxylic acid groups (broad SMARTS) is 1. The van der Waals surface area contributed by atoms with E-state index in [0.717, 1.165) is 22.3 Å². The van der Waals surface area contributed by atoms with E-state index in [0.29, 0.717) is 6.42 Å². The van der Waals surface area contributed by atoms with Gasteiger partial charge in [-0.1, -0.05) is 48.5 Å². The zero-order valence-corrected chi connectivity index (χ0v) is 20.1. The van der Waals surface area contributed by atoms with Crippen LogP contribution in [0.3, 0.4) is 0 Å². The molecule has 2 atom stereocenters. The number of nitrogens with zero attached hydrogens (tertiary/aromatic N) is 1. The van der Waals surface area contributed by atoms with Gasteiger partial charge in [0.25, 0.3) is 0 Å². The minimum atomic E-state index is -1.01. The summed E-state index contributed by atoms with van der Waals surface area (Å²) >= 11 is 0. The molecule has 1 aliphatic heterocycles. The number of piperidine rings is 1. The molecule has 2 amide bonds. The molecule has 1 fully saturated rings. The molecule has 0 radical (unpaired) electrons. The van der Waals surface area contributed by atoms with Gasteiger partial charge in [-0.25, -0.2) is 4.79 Å². The number of carboxylic acids is 1. The van der Waals surface area contributed by atoms with Gasteiger partial charge in [0.15, 0.2) is 0 Å². The quantitative estimate of drug-likeness (QED) is 0.560. The highest BCUT2D eigenvalue weighted by molar-refractivity contribution is 5.79. The van der Waals surface area contributed by atoms with Crippen LogP contribution in [0.2, 0.25) is 0 Å². The molecular weight excluding hydrogens is 448 g/mol. The maximum atomic E-state index is 12.7. The van der Waals surface area contributed by atoms with Crippen molar-refractivity contribution in [1.29, 1.82) is 0 Å². The standard InChI is InChI=1S/C27H32N2O6/c1-27(2,12-11-24(31)29-14-17(25(32)33)13-18(30)15-29)28-26(34)35-16-23-21-9-5-3-7-19(21)20-8-4-6-10-22(20)23/h3-10,17-18,23,30H,11-16H2,1-2H3,(H,28,34)(H,32,33). The number of carbonyl (C=O) groups is 3. The van der Waals surface area contributed by atoms with Gasteiger partial charge in [-0.05, 0) is 48.9 Å². The van der Waals surface area contributed by atoms with Crippen molar-refractivity contribution >= 4 is 18.0 Å². The summed E-state index contributed by atoms with van der Waals surface area (Å²) in [6.45, 7) is 4.05. The minimum absolute atomic E-state index is 0.0365. The van der Waals surface area contributed by atoms with E-state index in [1.807, 2.05) is 38.1 Å². The van der Waals surface area contributed by atoms with Gasteiger partial charge < -0.3 is 25.2 Å². The Bertz CT molecular complexity index is 1070. The van der Waals surface area contributed by atoms with Crippen LogP contribution in [0.5, 0.6) is 0 Å². The molecule has 8 nitrogen and oxygen atoms in total. The zero-order chi connectivity index (χ0) is 25.2. The summed E-state index contributed by atoms with van der Waals surface area (Å²) in [6.07, 6.45) is -0.784. The van der Waals surface area contributed by atoms with Crippen molar-refractivity contribution in [2.75, 3.05) is 19.7 Å². The molecule has 1 aliphatic carbocycles. The van der Waals surface area contributed by atoms with Crippen LogP contribution in [-0.4, -0.2) is 64.4 Å². The summed E-state index contributed by atoms with van der Waals surface area (Å²) in [5.41, 5.74) is 3.87. The molecule has 2 aliphatic rings. The van der Waals surface area contributed by atoms with E-state index >= 15 is 0 Å². The van der Waals surface area contributed by atoms with Crippen molar-refractivity contribution in [2.24, 2.45) is 5.92 Å². The number of aliphatic hydroxyl groups is 1. The van der Waals surface area contributed by atoms with Crippen molar-refractivity contribution in [3.8, 4) is 11.1 Å². The third kappa shape index (κ3) is 5.65. The first-order chi connectivity index (χ1) is 16.6. The van der Waals surface area contributed by atoms with Crippen LogP contribution < -0.4 is 5.32 Å². The zero-order valence-electron chi connectivity index (χ0n) is 20.1. The summed E-state index contributed by atoms with van der Waals surface area (Å²) in [5, 5.41) is 22.0. The molecule has 0 aromatic heterocycles. The normalized spacial score (nSPS) is 19.6. The molecule has 186 valence electrons. The molecule has 2 aromatic carbocycles. The van der Waals surface area contributed by atoms with Crippen molar-refractivity contribution in [3.05, 3.63) is 59.7 Å². The molecule has 8 heteroatoms. The molecule has 3 N–H and O–H groups in total. The lowest BCUT2D eigenvalue weighted by Gasteiger charge is -2.34. The fourth-order valence-corrected chi connectivity index (χ4v) is 5.01. The van der Waals surface area contributed by atoms with Crippen LogP contribution in [0.25, 0.3) is 11.1 Å². The van der Waals surface area contributed by atoms with Gasteiger partial charge in [-0.3, -0.25) is 9.59 Å². The Morgan fingerprint density at radius 1 is 1.03 bits per heavy atom. The third-order valence-corrected chi connectivity index (χ3v) is 6.88. The Kier molecular flexibility index (Phi) is 7.12. The summed E-state index contributed by atoms with van der Waals surface area (Å²) in [5.74, 6) is -2.06. The first-order valence-corrected chi connectivity index (χ1v) is 12.0. The number of β-amino-alcohol motifs (C(OH)–C–C–N with tert-alkyl or cyclic N) is 1. The first kappa shape index (κ1) is 24.7. The predicted octanol–water partition coefficient (Wildman–Crippen LogP) is 3.38. The smallest absolute Gasteiger partial charge is 0.407 e. The van der Waals surface area contributed by atoms with Crippen LogP contribution in [-0.2, 0) is 14.3 Å². The molecule has 0 bridgehead atoms. The van der Waals surface area contributed by atoms with Crippen molar-refractivity contribution in [3.63, 3.8) is 0 Å².